The quantitative estimate of drug-likeness (QED) is 0.600. The van der Waals surface area contributed by atoms with Crippen molar-refractivity contribution in [2.75, 3.05) is 0 Å². The number of hydrogen-bond acceptors (Lipinski definition) is 4. The second-order valence-electron chi connectivity index (χ2n) is 4.66. The summed E-state index contributed by atoms with van der Waals surface area (Å²) in [5.74, 6) is 0. The summed E-state index contributed by atoms with van der Waals surface area (Å²) >= 11 is 0. The van der Waals surface area contributed by atoms with Gasteiger partial charge in [0, 0.05) is 36.6 Å². The van der Waals surface area contributed by atoms with Gasteiger partial charge in [-0.3, -0.25) is 15.2 Å². The van der Waals surface area contributed by atoms with Crippen molar-refractivity contribution < 1.29 is 4.92 Å². The summed E-state index contributed by atoms with van der Waals surface area (Å²) in [6, 6.07) is 8.81. The van der Waals surface area contributed by atoms with Crippen LogP contribution in [0.3, 0.4) is 0 Å². The summed E-state index contributed by atoms with van der Waals surface area (Å²) < 4.78 is 0. The molecule has 1 aromatic heterocycles. The molecular formula is C14H18N4O2. The third-order valence-electron chi connectivity index (χ3n) is 3.16. The number of rotatable bonds is 7. The minimum Gasteiger partial charge on any atom is -0.304 e. The van der Waals surface area contributed by atoms with Crippen molar-refractivity contribution in [3.05, 3.63) is 57.9 Å². The van der Waals surface area contributed by atoms with E-state index in [1.54, 1.807) is 18.3 Å². The molecule has 1 unspecified atom stereocenters. The van der Waals surface area contributed by atoms with Crippen LogP contribution in [0.1, 0.15) is 37.1 Å². The molecule has 0 amide bonds. The number of nitro benzene ring substituents is 1. The Morgan fingerprint density at radius 3 is 2.95 bits per heavy atom. The number of benzene rings is 1. The van der Waals surface area contributed by atoms with E-state index >= 15 is 0 Å². The Morgan fingerprint density at radius 2 is 2.30 bits per heavy atom. The summed E-state index contributed by atoms with van der Waals surface area (Å²) in [5, 5.41) is 21.1. The van der Waals surface area contributed by atoms with E-state index in [-0.39, 0.29) is 16.7 Å². The number of nitrogens with one attached hydrogen (secondary N) is 2. The van der Waals surface area contributed by atoms with Crippen molar-refractivity contribution in [3.63, 3.8) is 0 Å². The van der Waals surface area contributed by atoms with Crippen LogP contribution >= 0.6 is 0 Å². The van der Waals surface area contributed by atoms with E-state index in [1.165, 1.54) is 6.07 Å². The van der Waals surface area contributed by atoms with E-state index in [9.17, 15) is 10.1 Å². The Hall–Kier alpha value is -2.21. The number of hydrogen-bond donors (Lipinski definition) is 2. The highest BCUT2D eigenvalue weighted by atomic mass is 16.6. The van der Waals surface area contributed by atoms with E-state index in [2.05, 4.69) is 22.4 Å². The van der Waals surface area contributed by atoms with Gasteiger partial charge in [-0.1, -0.05) is 25.5 Å². The SMILES string of the molecule is CCCC(NCc1ccn[nH]1)c1cccc([N+](=O)[O-])c1. The lowest BCUT2D eigenvalue weighted by Crippen LogP contribution is -2.21. The van der Waals surface area contributed by atoms with Crippen LogP contribution in [0.5, 0.6) is 0 Å². The van der Waals surface area contributed by atoms with Gasteiger partial charge in [0.15, 0.2) is 0 Å². The molecule has 6 nitrogen and oxygen atoms in total. The Kier molecular flexibility index (Phi) is 4.84. The summed E-state index contributed by atoms with van der Waals surface area (Å²) in [4.78, 5) is 10.5. The van der Waals surface area contributed by atoms with Crippen LogP contribution in [-0.4, -0.2) is 15.1 Å². The van der Waals surface area contributed by atoms with E-state index in [4.69, 9.17) is 0 Å². The molecule has 0 saturated heterocycles. The van der Waals surface area contributed by atoms with Crippen molar-refractivity contribution in [3.8, 4) is 0 Å². The fourth-order valence-corrected chi connectivity index (χ4v) is 2.15. The van der Waals surface area contributed by atoms with E-state index in [1.807, 2.05) is 12.1 Å². The zero-order chi connectivity index (χ0) is 14.4. The lowest BCUT2D eigenvalue weighted by Gasteiger charge is -2.18. The highest BCUT2D eigenvalue weighted by Crippen LogP contribution is 2.23. The molecule has 0 spiro atoms. The lowest BCUT2D eigenvalue weighted by molar-refractivity contribution is -0.384. The largest absolute Gasteiger partial charge is 0.304 e. The Morgan fingerprint density at radius 1 is 1.45 bits per heavy atom. The molecule has 1 aromatic carbocycles. The maximum absolute atomic E-state index is 10.9. The first-order chi connectivity index (χ1) is 9.70. The summed E-state index contributed by atoms with van der Waals surface area (Å²) in [7, 11) is 0. The van der Waals surface area contributed by atoms with Gasteiger partial charge in [0.05, 0.1) is 4.92 Å². The topological polar surface area (TPSA) is 83.8 Å². The van der Waals surface area contributed by atoms with Gasteiger partial charge in [0.1, 0.15) is 0 Å². The van der Waals surface area contributed by atoms with Crippen LogP contribution in [-0.2, 0) is 6.54 Å². The van der Waals surface area contributed by atoms with E-state index in [0.29, 0.717) is 6.54 Å². The number of nitrogens with zero attached hydrogens (tertiary/aromatic N) is 2. The lowest BCUT2D eigenvalue weighted by atomic mass is 10.0. The number of aromatic amines is 1. The standard InChI is InChI=1S/C14H18N4O2/c1-2-4-14(15-10-12-7-8-16-17-12)11-5-3-6-13(9-11)18(19)20/h3,5-9,14-15H,2,4,10H2,1H3,(H,16,17). The van der Waals surface area contributed by atoms with Gasteiger partial charge in [-0.25, -0.2) is 0 Å². The third kappa shape index (κ3) is 3.64. The Bertz CT molecular complexity index is 554. The molecule has 0 aliphatic carbocycles. The van der Waals surface area contributed by atoms with E-state index < -0.39 is 0 Å². The van der Waals surface area contributed by atoms with Gasteiger partial charge in [-0.05, 0) is 18.1 Å². The third-order valence-corrected chi connectivity index (χ3v) is 3.16. The molecule has 2 rings (SSSR count). The highest BCUT2D eigenvalue weighted by Gasteiger charge is 2.14. The van der Waals surface area contributed by atoms with Crippen LogP contribution < -0.4 is 5.32 Å². The number of aromatic nitrogens is 2. The van der Waals surface area contributed by atoms with E-state index in [0.717, 1.165) is 24.1 Å². The summed E-state index contributed by atoms with van der Waals surface area (Å²) in [6.07, 6.45) is 3.64. The molecule has 0 fully saturated rings. The second kappa shape index (κ2) is 6.81. The van der Waals surface area contributed by atoms with Crippen molar-refractivity contribution in [1.29, 1.82) is 0 Å². The summed E-state index contributed by atoms with van der Waals surface area (Å²) in [6.45, 7) is 2.76. The highest BCUT2D eigenvalue weighted by molar-refractivity contribution is 5.35. The molecule has 0 bridgehead atoms. The predicted molar refractivity (Wildman–Crippen MR) is 76.2 cm³/mol. The van der Waals surface area contributed by atoms with Gasteiger partial charge in [0.2, 0.25) is 0 Å². The second-order valence-corrected chi connectivity index (χ2v) is 4.66. The molecule has 106 valence electrons. The molecule has 0 aliphatic heterocycles. The zero-order valence-corrected chi connectivity index (χ0v) is 11.4. The van der Waals surface area contributed by atoms with Gasteiger partial charge in [-0.15, -0.1) is 0 Å². The minimum absolute atomic E-state index is 0.100. The first kappa shape index (κ1) is 14.2. The fraction of sp³-hybridized carbons (Fsp3) is 0.357. The molecule has 2 N–H and O–H groups in total. The minimum atomic E-state index is -0.360. The molecule has 20 heavy (non-hydrogen) atoms. The molecule has 6 heteroatoms. The molecule has 1 heterocycles. The Balaban J connectivity index is 2.10. The molecule has 0 saturated carbocycles. The van der Waals surface area contributed by atoms with Crippen LogP contribution in [0.15, 0.2) is 36.5 Å². The van der Waals surface area contributed by atoms with Gasteiger partial charge in [0.25, 0.3) is 5.69 Å². The maximum Gasteiger partial charge on any atom is 0.269 e. The molecule has 0 aliphatic rings. The fourth-order valence-electron chi connectivity index (χ4n) is 2.15. The summed E-state index contributed by atoms with van der Waals surface area (Å²) in [5.41, 5.74) is 2.07. The van der Waals surface area contributed by atoms with Crippen molar-refractivity contribution in [2.24, 2.45) is 0 Å². The van der Waals surface area contributed by atoms with Gasteiger partial charge >= 0.3 is 0 Å². The average Bonchev–Trinajstić information content (AvgIpc) is 2.97. The predicted octanol–water partition coefficient (Wildman–Crippen LogP) is 2.95. The first-order valence-corrected chi connectivity index (χ1v) is 6.66. The number of H-pyrrole nitrogens is 1. The van der Waals surface area contributed by atoms with Crippen molar-refractivity contribution in [2.45, 2.75) is 32.4 Å². The van der Waals surface area contributed by atoms with Crippen molar-refractivity contribution in [1.82, 2.24) is 15.5 Å². The Labute approximate surface area is 117 Å². The normalized spacial score (nSPS) is 12.2. The van der Waals surface area contributed by atoms with Gasteiger partial charge < -0.3 is 5.32 Å². The maximum atomic E-state index is 10.9. The molecule has 0 radical (unpaired) electrons. The van der Waals surface area contributed by atoms with Crippen molar-refractivity contribution >= 4 is 5.69 Å². The zero-order valence-electron chi connectivity index (χ0n) is 11.4. The molecular weight excluding hydrogens is 256 g/mol. The number of non-ortho nitro benzene ring substituents is 1. The van der Waals surface area contributed by atoms with Gasteiger partial charge in [-0.2, -0.15) is 5.10 Å². The smallest absolute Gasteiger partial charge is 0.269 e. The van der Waals surface area contributed by atoms with Crippen LogP contribution in [0.4, 0.5) is 5.69 Å². The number of nitro groups is 1. The van der Waals surface area contributed by atoms with Crippen LogP contribution in [0.25, 0.3) is 0 Å². The monoisotopic (exact) mass is 274 g/mol. The first-order valence-electron chi connectivity index (χ1n) is 6.66. The van der Waals surface area contributed by atoms with Crippen LogP contribution in [0, 0.1) is 10.1 Å². The average molecular weight is 274 g/mol. The molecule has 2 aromatic rings. The van der Waals surface area contributed by atoms with Crippen LogP contribution in [0.2, 0.25) is 0 Å². The molecule has 1 atom stereocenters.